The summed E-state index contributed by atoms with van der Waals surface area (Å²) in [5.74, 6) is 0. The summed E-state index contributed by atoms with van der Waals surface area (Å²) >= 11 is -2.48. The Morgan fingerprint density at radius 3 is 2.18 bits per heavy atom. The van der Waals surface area contributed by atoms with Gasteiger partial charge in [-0.3, -0.25) is 0 Å². The number of halogens is 2. The van der Waals surface area contributed by atoms with Gasteiger partial charge < -0.3 is 0 Å². The molecule has 149 valence electrons. The fourth-order valence-electron chi connectivity index (χ4n) is 4.42. The maximum atomic E-state index is 6.69. The number of aryl methyl sites for hydroxylation is 2. The Morgan fingerprint density at radius 1 is 1.00 bits per heavy atom. The third kappa shape index (κ3) is 4.53. The zero-order valence-electron chi connectivity index (χ0n) is 17.9. The molecule has 0 saturated heterocycles. The van der Waals surface area contributed by atoms with E-state index in [1.165, 1.54) is 57.4 Å². The van der Waals surface area contributed by atoms with Gasteiger partial charge in [0.25, 0.3) is 0 Å². The number of unbranched alkanes of at least 4 members (excludes halogenated alkanes) is 1. The topological polar surface area (TPSA) is 0 Å². The Hall–Kier alpha value is -0.357. The van der Waals surface area contributed by atoms with Gasteiger partial charge in [0.15, 0.2) is 0 Å². The SMILES string of the molecule is CCCCC1=Cc2c(ccc(C(C)(C)C)c2-c2cc(C)cc(C)c2)[CH]1[Zr]([Cl])[Cl]. The van der Waals surface area contributed by atoms with E-state index in [-0.39, 0.29) is 5.41 Å². The zero-order valence-corrected chi connectivity index (χ0v) is 21.9. The molecule has 1 atom stereocenters. The van der Waals surface area contributed by atoms with Crippen molar-refractivity contribution >= 4 is 23.1 Å². The molecule has 0 aromatic heterocycles. The predicted octanol–water partition coefficient (Wildman–Crippen LogP) is 8.82. The van der Waals surface area contributed by atoms with E-state index < -0.39 is 19.4 Å². The van der Waals surface area contributed by atoms with E-state index >= 15 is 0 Å². The van der Waals surface area contributed by atoms with E-state index in [4.69, 9.17) is 17.0 Å². The fraction of sp³-hybridized carbons (Fsp3) is 0.440. The molecule has 3 rings (SSSR count). The number of hydrogen-bond donors (Lipinski definition) is 0. The van der Waals surface area contributed by atoms with Crippen molar-refractivity contribution in [2.24, 2.45) is 0 Å². The van der Waals surface area contributed by atoms with E-state index in [1.54, 1.807) is 0 Å². The molecule has 0 aliphatic heterocycles. The van der Waals surface area contributed by atoms with Gasteiger partial charge in [-0.1, -0.05) is 0 Å². The fourth-order valence-corrected chi connectivity index (χ4v) is 9.92. The monoisotopic (exact) mass is 491 g/mol. The van der Waals surface area contributed by atoms with Crippen molar-refractivity contribution in [1.82, 2.24) is 0 Å². The molecule has 28 heavy (non-hydrogen) atoms. The number of hydrogen-bond acceptors (Lipinski definition) is 0. The van der Waals surface area contributed by atoms with Crippen molar-refractivity contribution in [1.29, 1.82) is 0 Å². The number of fused-ring (bicyclic) bond motifs is 1. The van der Waals surface area contributed by atoms with E-state index in [0.717, 1.165) is 6.42 Å². The van der Waals surface area contributed by atoms with Gasteiger partial charge in [-0.2, -0.15) is 0 Å². The van der Waals surface area contributed by atoms with Crippen molar-refractivity contribution in [3.05, 3.63) is 63.7 Å². The predicted molar refractivity (Wildman–Crippen MR) is 122 cm³/mol. The van der Waals surface area contributed by atoms with Crippen LogP contribution in [-0.2, 0) is 24.8 Å². The molecule has 0 bridgehead atoms. The molecular formula is C25H31Cl2Zr. The molecular weight excluding hydrogens is 462 g/mol. The summed E-state index contributed by atoms with van der Waals surface area (Å²) in [6.07, 6.45) is 5.94. The second-order valence-corrected chi connectivity index (χ2v) is 18.0. The summed E-state index contributed by atoms with van der Waals surface area (Å²) in [5, 5.41) is 0. The molecule has 0 fully saturated rings. The zero-order chi connectivity index (χ0) is 20.6. The minimum atomic E-state index is -2.48. The normalized spacial score (nSPS) is 16.1. The van der Waals surface area contributed by atoms with E-state index in [2.05, 4.69) is 78.0 Å². The standard InChI is InChI=1S/C25H31.2ClH.Zr/c1-7-8-9-19-15-20-10-11-23(25(4,5)6)24(22(20)16-19)21-13-17(2)12-18(3)14-21;;;/h10-16H,7-9H2,1-6H3;2*1H;/q;;;+2/p-2. The van der Waals surface area contributed by atoms with Gasteiger partial charge in [-0.05, 0) is 0 Å². The van der Waals surface area contributed by atoms with Crippen molar-refractivity contribution in [3.63, 3.8) is 0 Å². The Balaban J connectivity index is 2.30. The third-order valence-corrected chi connectivity index (χ3v) is 11.0. The Bertz CT molecular complexity index is 883. The first-order valence-corrected chi connectivity index (χ1v) is 18.0. The summed E-state index contributed by atoms with van der Waals surface area (Å²) in [6, 6.07) is 11.5. The molecule has 2 aromatic carbocycles. The molecule has 0 radical (unpaired) electrons. The summed E-state index contributed by atoms with van der Waals surface area (Å²) in [5.41, 5.74) is 11.0. The van der Waals surface area contributed by atoms with Crippen LogP contribution in [0.15, 0.2) is 35.9 Å². The summed E-state index contributed by atoms with van der Waals surface area (Å²) in [4.78, 5) is 0. The summed E-state index contributed by atoms with van der Waals surface area (Å²) in [6.45, 7) is 13.5. The van der Waals surface area contributed by atoms with Gasteiger partial charge in [-0.25, -0.2) is 0 Å². The first kappa shape index (κ1) is 22.3. The van der Waals surface area contributed by atoms with Crippen molar-refractivity contribution in [2.45, 2.75) is 69.8 Å². The third-order valence-electron chi connectivity index (χ3n) is 5.65. The van der Waals surface area contributed by atoms with Crippen molar-refractivity contribution in [2.75, 3.05) is 0 Å². The second kappa shape index (κ2) is 8.79. The Labute approximate surface area is 186 Å². The van der Waals surface area contributed by atoms with Crippen LogP contribution in [-0.4, -0.2) is 0 Å². The molecule has 2 aromatic rings. The molecule has 1 unspecified atom stereocenters. The van der Waals surface area contributed by atoms with Crippen LogP contribution in [0.4, 0.5) is 0 Å². The molecule has 1 aliphatic rings. The van der Waals surface area contributed by atoms with Gasteiger partial charge in [0.2, 0.25) is 0 Å². The van der Waals surface area contributed by atoms with Crippen LogP contribution in [0, 0.1) is 13.8 Å². The van der Waals surface area contributed by atoms with Crippen LogP contribution in [0.5, 0.6) is 0 Å². The average Bonchev–Trinajstić information content (AvgIpc) is 2.95. The molecule has 0 amide bonds. The van der Waals surface area contributed by atoms with Crippen molar-refractivity contribution in [3.8, 4) is 11.1 Å². The maximum absolute atomic E-state index is 6.69. The van der Waals surface area contributed by atoms with Gasteiger partial charge in [0.1, 0.15) is 0 Å². The van der Waals surface area contributed by atoms with Crippen LogP contribution in [0.25, 0.3) is 17.2 Å². The van der Waals surface area contributed by atoms with E-state index in [0.29, 0.717) is 3.63 Å². The van der Waals surface area contributed by atoms with Gasteiger partial charge in [0, 0.05) is 0 Å². The van der Waals surface area contributed by atoms with Crippen LogP contribution in [0.2, 0.25) is 0 Å². The first-order valence-electron chi connectivity index (χ1n) is 10.3. The molecule has 0 N–H and O–H groups in total. The van der Waals surface area contributed by atoms with E-state index in [1.807, 2.05) is 0 Å². The summed E-state index contributed by atoms with van der Waals surface area (Å²) < 4.78 is 0.297. The van der Waals surface area contributed by atoms with Crippen LogP contribution >= 0.6 is 17.0 Å². The molecule has 0 nitrogen and oxygen atoms in total. The van der Waals surface area contributed by atoms with Gasteiger partial charge in [-0.15, -0.1) is 0 Å². The Kier molecular flexibility index (Phi) is 7.01. The van der Waals surface area contributed by atoms with Crippen LogP contribution < -0.4 is 0 Å². The van der Waals surface area contributed by atoms with Crippen LogP contribution in [0.3, 0.4) is 0 Å². The summed E-state index contributed by atoms with van der Waals surface area (Å²) in [7, 11) is 13.4. The number of allylic oxidation sites excluding steroid dienone is 1. The number of benzene rings is 2. The average molecular weight is 494 g/mol. The molecule has 3 heteroatoms. The number of rotatable bonds is 5. The quantitative estimate of drug-likeness (QED) is 0.390. The van der Waals surface area contributed by atoms with Crippen LogP contribution in [0.1, 0.15) is 78.4 Å². The molecule has 0 saturated carbocycles. The Morgan fingerprint density at radius 2 is 1.64 bits per heavy atom. The van der Waals surface area contributed by atoms with E-state index in [9.17, 15) is 0 Å². The van der Waals surface area contributed by atoms with Gasteiger partial charge in [0.05, 0.1) is 0 Å². The minimum absolute atomic E-state index is 0.0705. The molecule has 1 aliphatic carbocycles. The second-order valence-electron chi connectivity index (χ2n) is 9.16. The molecule has 0 spiro atoms. The van der Waals surface area contributed by atoms with Gasteiger partial charge >= 0.3 is 187 Å². The van der Waals surface area contributed by atoms with Crippen molar-refractivity contribution < 1.29 is 19.4 Å². The first-order chi connectivity index (χ1) is 13.1. The molecule has 0 heterocycles.